The first-order valence-electron chi connectivity index (χ1n) is 11.2. The Hall–Kier alpha value is -4.34. The van der Waals surface area contributed by atoms with Gasteiger partial charge in [0.2, 0.25) is 11.6 Å². The van der Waals surface area contributed by atoms with Crippen LogP contribution in [0.25, 0.3) is 0 Å². The van der Waals surface area contributed by atoms with Crippen molar-refractivity contribution in [3.63, 3.8) is 0 Å². The molecule has 4 rings (SSSR count). The van der Waals surface area contributed by atoms with E-state index in [4.69, 9.17) is 14.2 Å². The number of halogens is 6. The molecular formula is C23H22F6O14S2. The molecule has 0 spiro atoms. The Balaban J connectivity index is 0.000000369. The highest BCUT2D eigenvalue weighted by molar-refractivity contribution is 7.88. The van der Waals surface area contributed by atoms with E-state index in [-0.39, 0.29) is 36.3 Å². The van der Waals surface area contributed by atoms with Gasteiger partial charge in [0.25, 0.3) is 0 Å². The van der Waals surface area contributed by atoms with Crippen LogP contribution in [0.3, 0.4) is 0 Å². The van der Waals surface area contributed by atoms with Gasteiger partial charge >= 0.3 is 43.2 Å². The zero-order valence-corrected chi connectivity index (χ0v) is 23.8. The Morgan fingerprint density at radius 2 is 1.09 bits per heavy atom. The molecule has 2 aliphatic heterocycles. The number of phenols is 2. The van der Waals surface area contributed by atoms with Crippen LogP contribution in [0.5, 0.6) is 34.5 Å². The molecule has 0 aromatic heterocycles. The predicted molar refractivity (Wildman–Crippen MR) is 134 cm³/mol. The molecule has 2 aliphatic rings. The first-order chi connectivity index (χ1) is 19.6. The van der Waals surface area contributed by atoms with Gasteiger partial charge in [-0.05, 0) is 0 Å². The van der Waals surface area contributed by atoms with Crippen LogP contribution in [0.1, 0.15) is 55.8 Å². The molecule has 0 atom stereocenters. The third-order valence-electron chi connectivity index (χ3n) is 4.87. The second-order valence-electron chi connectivity index (χ2n) is 9.38. The monoisotopic (exact) mass is 700 g/mol. The minimum atomic E-state index is -6.42. The van der Waals surface area contributed by atoms with Gasteiger partial charge in [0.1, 0.15) is 39.9 Å². The summed E-state index contributed by atoms with van der Waals surface area (Å²) in [4.78, 5) is 23.5. The van der Waals surface area contributed by atoms with Crippen LogP contribution >= 0.6 is 0 Å². The molecule has 0 saturated carbocycles. The van der Waals surface area contributed by atoms with E-state index in [2.05, 4.69) is 13.1 Å². The van der Waals surface area contributed by atoms with Gasteiger partial charge in [0, 0.05) is 52.0 Å². The fraction of sp³-hybridized carbons (Fsp3) is 0.391. The zero-order chi connectivity index (χ0) is 33.8. The number of carbonyl (C=O) groups excluding carboxylic acids is 2. The van der Waals surface area contributed by atoms with E-state index in [0.717, 1.165) is 19.9 Å². The second kappa shape index (κ2) is 11.5. The van der Waals surface area contributed by atoms with Crippen LogP contribution < -0.4 is 17.8 Å². The molecule has 2 heterocycles. The lowest BCUT2D eigenvalue weighted by Crippen LogP contribution is -2.39. The molecule has 252 valence electrons. The summed E-state index contributed by atoms with van der Waals surface area (Å²) in [6.07, 6.45) is 0. The van der Waals surface area contributed by atoms with E-state index in [1.165, 1.54) is 6.07 Å². The Bertz CT molecular complexity index is 1730. The van der Waals surface area contributed by atoms with E-state index in [9.17, 15) is 63.0 Å². The molecule has 14 nitrogen and oxygen atoms in total. The van der Waals surface area contributed by atoms with E-state index < -0.39 is 77.6 Å². The Kier molecular flexibility index (Phi) is 9.45. The van der Waals surface area contributed by atoms with Crippen molar-refractivity contribution in [2.24, 2.45) is 0 Å². The summed E-state index contributed by atoms with van der Waals surface area (Å²) < 4.78 is 147. The predicted octanol–water partition coefficient (Wildman–Crippen LogP) is 4.45. The molecule has 0 bridgehead atoms. The molecule has 0 saturated heterocycles. The molecule has 0 aliphatic carbocycles. The number of aromatic hydroxyl groups is 2. The molecule has 45 heavy (non-hydrogen) atoms. The third-order valence-corrected chi connectivity index (χ3v) is 6.82. The van der Waals surface area contributed by atoms with Gasteiger partial charge in [-0.15, -0.1) is 0 Å². The SMILES string of the molecule is C.CC1(C)OC(=O)c2c(O)cc(O)cc2O1.CC1(C)OC(=O)c2c(cc(OS(=O)(=O)C(F)(F)F)cc2OS(=O)(=O)C(F)(F)F)O1. The first-order valence-corrected chi connectivity index (χ1v) is 14.1. The van der Waals surface area contributed by atoms with Crippen LogP contribution in [-0.2, 0) is 29.7 Å². The number of cyclic esters (lactones) is 2. The minimum Gasteiger partial charge on any atom is -0.508 e. The molecule has 0 fully saturated rings. The van der Waals surface area contributed by atoms with Crippen molar-refractivity contribution in [2.75, 3.05) is 0 Å². The van der Waals surface area contributed by atoms with Crippen molar-refractivity contribution in [1.82, 2.24) is 0 Å². The Morgan fingerprint density at radius 1 is 0.667 bits per heavy atom. The van der Waals surface area contributed by atoms with Crippen molar-refractivity contribution in [3.05, 3.63) is 35.4 Å². The number of phenolic OH excluding ortho intramolecular Hbond substituents is 2. The average molecular weight is 701 g/mol. The Labute approximate surface area is 250 Å². The summed E-state index contributed by atoms with van der Waals surface area (Å²) in [6, 6.07) is 2.72. The molecule has 0 radical (unpaired) electrons. The number of alkyl halides is 6. The van der Waals surface area contributed by atoms with Crippen molar-refractivity contribution < 1.29 is 90.3 Å². The molecule has 2 N–H and O–H groups in total. The van der Waals surface area contributed by atoms with Crippen molar-refractivity contribution in [2.45, 2.75) is 57.7 Å². The lowest BCUT2D eigenvalue weighted by atomic mass is 10.1. The quantitative estimate of drug-likeness (QED) is 0.196. The average Bonchev–Trinajstić information content (AvgIpc) is 2.74. The van der Waals surface area contributed by atoms with Gasteiger partial charge in [-0.1, -0.05) is 7.43 Å². The van der Waals surface area contributed by atoms with E-state index in [1.807, 2.05) is 0 Å². The largest absolute Gasteiger partial charge is 0.534 e. The van der Waals surface area contributed by atoms with E-state index >= 15 is 0 Å². The van der Waals surface area contributed by atoms with Crippen LogP contribution in [0.2, 0.25) is 0 Å². The molecule has 0 amide bonds. The lowest BCUT2D eigenvalue weighted by molar-refractivity contribution is -0.128. The van der Waals surface area contributed by atoms with E-state index in [0.29, 0.717) is 6.07 Å². The van der Waals surface area contributed by atoms with Crippen molar-refractivity contribution >= 4 is 32.2 Å². The van der Waals surface area contributed by atoms with Gasteiger partial charge in [0.05, 0.1) is 0 Å². The maximum atomic E-state index is 12.6. The maximum Gasteiger partial charge on any atom is 0.534 e. The van der Waals surface area contributed by atoms with Gasteiger partial charge in [-0.2, -0.15) is 43.2 Å². The van der Waals surface area contributed by atoms with Crippen LogP contribution in [0.4, 0.5) is 26.3 Å². The van der Waals surface area contributed by atoms with Gasteiger partial charge in [0.15, 0.2) is 5.75 Å². The number of carbonyl (C=O) groups is 2. The topological polar surface area (TPSA) is 198 Å². The fourth-order valence-electron chi connectivity index (χ4n) is 3.29. The van der Waals surface area contributed by atoms with Gasteiger partial charge < -0.3 is 37.5 Å². The number of fused-ring (bicyclic) bond motifs is 2. The molecule has 0 unspecified atom stereocenters. The summed E-state index contributed by atoms with van der Waals surface area (Å²) in [5.74, 6) is -9.17. The second-order valence-corrected chi connectivity index (χ2v) is 12.5. The zero-order valence-electron chi connectivity index (χ0n) is 22.2. The number of ether oxygens (including phenoxy) is 4. The fourth-order valence-corrected chi connectivity index (χ4v) is 4.20. The highest BCUT2D eigenvalue weighted by Gasteiger charge is 2.51. The number of esters is 2. The van der Waals surface area contributed by atoms with Crippen molar-refractivity contribution in [1.29, 1.82) is 0 Å². The molecular weight excluding hydrogens is 678 g/mol. The highest BCUT2D eigenvalue weighted by atomic mass is 32.2. The van der Waals surface area contributed by atoms with E-state index in [1.54, 1.807) is 13.8 Å². The number of benzene rings is 2. The van der Waals surface area contributed by atoms with Crippen LogP contribution in [0.15, 0.2) is 24.3 Å². The summed E-state index contributed by atoms with van der Waals surface area (Å²) in [5, 5.41) is 18.7. The van der Waals surface area contributed by atoms with Crippen LogP contribution in [0, 0.1) is 0 Å². The molecule has 2 aromatic rings. The van der Waals surface area contributed by atoms with Gasteiger partial charge in [-0.3, -0.25) is 0 Å². The summed E-state index contributed by atoms with van der Waals surface area (Å²) in [6.45, 7) is 5.35. The normalized spacial score (nSPS) is 16.8. The summed E-state index contributed by atoms with van der Waals surface area (Å²) >= 11 is 0. The maximum absolute atomic E-state index is 12.6. The number of hydrogen-bond acceptors (Lipinski definition) is 14. The standard InChI is InChI=1S/C12H8F6O9S2.C10H10O5.CH4/c1-10(2)24-6-3-5(26-28(20,21)11(13,14)15)4-7(8(6)9(19)25-10)27-29(22,23)12(16,17)18;1-10(2)14-7-4-5(11)3-6(12)8(7)9(13)15-10;/h3-4H,1-2H3;3-4,11-12H,1-2H3;1H4. The molecule has 2 aromatic carbocycles. The summed E-state index contributed by atoms with van der Waals surface area (Å²) in [7, 11) is -12.7. The minimum absolute atomic E-state index is 0. The Morgan fingerprint density at radius 3 is 1.56 bits per heavy atom. The van der Waals surface area contributed by atoms with Crippen molar-refractivity contribution in [3.8, 4) is 34.5 Å². The number of rotatable bonds is 4. The number of hydrogen-bond donors (Lipinski definition) is 2. The highest BCUT2D eigenvalue weighted by Crippen LogP contribution is 2.43. The first kappa shape index (κ1) is 36.8. The van der Waals surface area contributed by atoms with Crippen LogP contribution in [-0.4, -0.2) is 61.6 Å². The molecule has 22 heteroatoms. The smallest absolute Gasteiger partial charge is 0.508 e. The third kappa shape index (κ3) is 8.04. The summed E-state index contributed by atoms with van der Waals surface area (Å²) in [5.41, 5.74) is -13.0. The van der Waals surface area contributed by atoms with Gasteiger partial charge in [-0.25, -0.2) is 9.59 Å². The lowest BCUT2D eigenvalue weighted by Gasteiger charge is -2.32.